The Balaban J connectivity index is 3.18. The van der Waals surface area contributed by atoms with E-state index in [1.807, 2.05) is 25.1 Å². The van der Waals surface area contributed by atoms with E-state index >= 15 is 0 Å². The number of carboxylic acids is 1. The summed E-state index contributed by atoms with van der Waals surface area (Å²) in [7, 11) is 1.60. The highest BCUT2D eigenvalue weighted by atomic mass is 16.5. The van der Waals surface area contributed by atoms with Gasteiger partial charge in [0.25, 0.3) is 0 Å². The van der Waals surface area contributed by atoms with Gasteiger partial charge in [0.05, 0.1) is 7.11 Å². The summed E-state index contributed by atoms with van der Waals surface area (Å²) in [4.78, 5) is 10.9. The summed E-state index contributed by atoms with van der Waals surface area (Å²) >= 11 is 0. The van der Waals surface area contributed by atoms with Gasteiger partial charge in [0, 0.05) is 11.6 Å². The number of unbranched alkanes of at least 4 members (excludes halogenated alkanes) is 1. The number of hydrogen-bond donors (Lipinski definition) is 1. The van der Waals surface area contributed by atoms with Gasteiger partial charge in [0.1, 0.15) is 5.75 Å². The van der Waals surface area contributed by atoms with Gasteiger partial charge in [0.2, 0.25) is 0 Å². The summed E-state index contributed by atoms with van der Waals surface area (Å²) < 4.78 is 5.31. The predicted molar refractivity (Wildman–Crippen MR) is 72.9 cm³/mol. The Labute approximate surface area is 108 Å². The lowest BCUT2D eigenvalue weighted by Gasteiger charge is -2.12. The summed E-state index contributed by atoms with van der Waals surface area (Å²) in [6.07, 6.45) is 4.04. The van der Waals surface area contributed by atoms with Crippen molar-refractivity contribution in [2.75, 3.05) is 7.11 Å². The molecule has 1 N–H and O–H groups in total. The summed E-state index contributed by atoms with van der Waals surface area (Å²) in [5.41, 5.74) is 2.80. The van der Waals surface area contributed by atoms with E-state index in [2.05, 4.69) is 6.92 Å². The van der Waals surface area contributed by atoms with Crippen LogP contribution in [0.1, 0.15) is 37.3 Å². The summed E-state index contributed by atoms with van der Waals surface area (Å²) in [5, 5.41) is 8.96. The second kappa shape index (κ2) is 6.84. The third-order valence-electron chi connectivity index (χ3n) is 2.80. The molecule has 0 aliphatic heterocycles. The van der Waals surface area contributed by atoms with Crippen molar-refractivity contribution >= 4 is 11.5 Å². The van der Waals surface area contributed by atoms with Crippen LogP contribution in [0.25, 0.3) is 5.57 Å². The van der Waals surface area contributed by atoms with Gasteiger partial charge in [-0.1, -0.05) is 25.0 Å². The first-order chi connectivity index (χ1) is 8.58. The molecule has 0 atom stereocenters. The maximum atomic E-state index is 10.9. The zero-order valence-electron chi connectivity index (χ0n) is 11.2. The van der Waals surface area contributed by atoms with Crippen LogP contribution in [0.5, 0.6) is 5.75 Å². The van der Waals surface area contributed by atoms with Gasteiger partial charge in [-0.2, -0.15) is 0 Å². The molecule has 0 fully saturated rings. The molecule has 1 aromatic carbocycles. The third-order valence-corrected chi connectivity index (χ3v) is 2.80. The van der Waals surface area contributed by atoms with Crippen LogP contribution in [-0.2, 0) is 4.79 Å². The number of aliphatic carboxylic acids is 1. The maximum absolute atomic E-state index is 10.9. The van der Waals surface area contributed by atoms with Crippen LogP contribution < -0.4 is 4.74 Å². The zero-order chi connectivity index (χ0) is 13.5. The molecule has 3 nitrogen and oxygen atoms in total. The highest BCUT2D eigenvalue weighted by Gasteiger charge is 2.10. The van der Waals surface area contributed by atoms with Crippen LogP contribution in [0.2, 0.25) is 0 Å². The number of rotatable bonds is 6. The fourth-order valence-corrected chi connectivity index (χ4v) is 1.87. The molecule has 0 heterocycles. The first kappa shape index (κ1) is 14.3. The average Bonchev–Trinajstić information content (AvgIpc) is 2.34. The van der Waals surface area contributed by atoms with Crippen molar-refractivity contribution in [1.82, 2.24) is 0 Å². The molecule has 0 saturated heterocycles. The number of carboxylic acid groups (broad SMARTS) is 1. The minimum atomic E-state index is -0.912. The Bertz CT molecular complexity index is 447. The van der Waals surface area contributed by atoms with E-state index in [0.29, 0.717) is 0 Å². The van der Waals surface area contributed by atoms with Gasteiger partial charge in [-0.15, -0.1) is 0 Å². The predicted octanol–water partition coefficient (Wildman–Crippen LogP) is 3.66. The number of hydrogen-bond acceptors (Lipinski definition) is 2. The van der Waals surface area contributed by atoms with Crippen LogP contribution in [0, 0.1) is 6.92 Å². The fourth-order valence-electron chi connectivity index (χ4n) is 1.87. The number of ether oxygens (including phenoxy) is 1. The van der Waals surface area contributed by atoms with Crippen molar-refractivity contribution in [2.45, 2.75) is 33.1 Å². The van der Waals surface area contributed by atoms with Gasteiger partial charge in [-0.3, -0.25) is 0 Å². The number of methoxy groups -OCH3 is 1. The number of aryl methyl sites for hydroxylation is 1. The molecule has 0 bridgehead atoms. The minimum absolute atomic E-state index is 0.726. The Morgan fingerprint density at radius 1 is 1.44 bits per heavy atom. The van der Waals surface area contributed by atoms with E-state index in [1.165, 1.54) is 6.08 Å². The molecular weight excluding hydrogens is 228 g/mol. The monoisotopic (exact) mass is 248 g/mol. The SMILES string of the molecule is CCCC/C(=C\C(=O)O)c1cc(C)ccc1OC. The van der Waals surface area contributed by atoms with Gasteiger partial charge in [-0.25, -0.2) is 4.79 Å². The first-order valence-corrected chi connectivity index (χ1v) is 6.17. The van der Waals surface area contributed by atoms with Crippen LogP contribution in [0.3, 0.4) is 0 Å². The fraction of sp³-hybridized carbons (Fsp3) is 0.400. The molecule has 98 valence electrons. The molecule has 0 saturated carbocycles. The van der Waals surface area contributed by atoms with Gasteiger partial charge >= 0.3 is 5.97 Å². The Morgan fingerprint density at radius 3 is 2.72 bits per heavy atom. The van der Waals surface area contributed by atoms with Crippen molar-refractivity contribution in [2.24, 2.45) is 0 Å². The van der Waals surface area contributed by atoms with E-state index in [1.54, 1.807) is 7.11 Å². The molecule has 3 heteroatoms. The molecular formula is C15H20O3. The molecule has 0 unspecified atom stereocenters. The van der Waals surface area contributed by atoms with Crippen LogP contribution >= 0.6 is 0 Å². The molecule has 0 aliphatic rings. The van der Waals surface area contributed by atoms with Crippen molar-refractivity contribution < 1.29 is 14.6 Å². The molecule has 0 spiro atoms. The Hall–Kier alpha value is -1.77. The Kier molecular flexibility index (Phi) is 5.43. The second-order valence-electron chi connectivity index (χ2n) is 4.32. The number of allylic oxidation sites excluding steroid dienone is 1. The maximum Gasteiger partial charge on any atom is 0.328 e. The standard InChI is InChI=1S/C15H20O3/c1-4-5-6-12(10-15(16)17)13-9-11(2)7-8-14(13)18-3/h7-10H,4-6H2,1-3H3,(H,16,17)/b12-10+. The molecule has 1 aromatic rings. The zero-order valence-corrected chi connectivity index (χ0v) is 11.2. The summed E-state index contributed by atoms with van der Waals surface area (Å²) in [6.45, 7) is 4.08. The van der Waals surface area contributed by atoms with Crippen LogP contribution in [0.15, 0.2) is 24.3 Å². The van der Waals surface area contributed by atoms with Crippen molar-refractivity contribution in [3.8, 4) is 5.75 Å². The lowest BCUT2D eigenvalue weighted by atomic mass is 9.97. The summed E-state index contributed by atoms with van der Waals surface area (Å²) in [6, 6.07) is 5.82. The molecule has 0 aromatic heterocycles. The van der Waals surface area contributed by atoms with Crippen LogP contribution in [0.4, 0.5) is 0 Å². The first-order valence-electron chi connectivity index (χ1n) is 6.17. The third kappa shape index (κ3) is 3.91. The summed E-state index contributed by atoms with van der Waals surface area (Å²) in [5.74, 6) is -0.186. The van der Waals surface area contributed by atoms with Crippen molar-refractivity contribution in [3.05, 3.63) is 35.4 Å². The molecule has 1 rings (SSSR count). The largest absolute Gasteiger partial charge is 0.496 e. The lowest BCUT2D eigenvalue weighted by Crippen LogP contribution is -1.97. The highest BCUT2D eigenvalue weighted by molar-refractivity contribution is 5.91. The topological polar surface area (TPSA) is 46.5 Å². The highest BCUT2D eigenvalue weighted by Crippen LogP contribution is 2.30. The van der Waals surface area contributed by atoms with E-state index < -0.39 is 5.97 Å². The van der Waals surface area contributed by atoms with Crippen molar-refractivity contribution in [1.29, 1.82) is 0 Å². The van der Waals surface area contributed by atoms with E-state index in [0.717, 1.165) is 41.7 Å². The molecule has 0 radical (unpaired) electrons. The lowest BCUT2D eigenvalue weighted by molar-refractivity contribution is -0.131. The van der Waals surface area contributed by atoms with E-state index in [-0.39, 0.29) is 0 Å². The smallest absolute Gasteiger partial charge is 0.328 e. The molecule has 0 amide bonds. The van der Waals surface area contributed by atoms with Crippen LogP contribution in [-0.4, -0.2) is 18.2 Å². The molecule has 0 aliphatic carbocycles. The van der Waals surface area contributed by atoms with Crippen molar-refractivity contribution in [3.63, 3.8) is 0 Å². The van der Waals surface area contributed by atoms with E-state index in [9.17, 15) is 4.79 Å². The Morgan fingerprint density at radius 2 is 2.17 bits per heavy atom. The van der Waals surface area contributed by atoms with Gasteiger partial charge in [-0.05, 0) is 37.5 Å². The quantitative estimate of drug-likeness (QED) is 0.781. The average molecular weight is 248 g/mol. The van der Waals surface area contributed by atoms with Gasteiger partial charge in [0.15, 0.2) is 0 Å². The number of carbonyl (C=O) groups is 1. The van der Waals surface area contributed by atoms with E-state index in [4.69, 9.17) is 9.84 Å². The molecule has 18 heavy (non-hydrogen) atoms. The minimum Gasteiger partial charge on any atom is -0.496 e. The normalized spacial score (nSPS) is 11.4. The number of benzene rings is 1. The van der Waals surface area contributed by atoms with Gasteiger partial charge < -0.3 is 9.84 Å². The second-order valence-corrected chi connectivity index (χ2v) is 4.32.